The molecule has 52 heavy (non-hydrogen) atoms. The van der Waals surface area contributed by atoms with E-state index >= 15 is 8.78 Å². The Morgan fingerprint density at radius 2 is 1.38 bits per heavy atom. The van der Waals surface area contributed by atoms with Crippen LogP contribution in [0.1, 0.15) is 63.4 Å². The summed E-state index contributed by atoms with van der Waals surface area (Å²) in [6.07, 6.45) is 0.541. The number of amides is 1. The zero-order valence-electron chi connectivity index (χ0n) is 28.2. The lowest BCUT2D eigenvalue weighted by Gasteiger charge is -2.42. The molecule has 0 aromatic heterocycles. The summed E-state index contributed by atoms with van der Waals surface area (Å²) in [5, 5.41) is 0. The summed E-state index contributed by atoms with van der Waals surface area (Å²) in [4.78, 5) is 31.4. The first-order valence-corrected chi connectivity index (χ1v) is 18.8. The van der Waals surface area contributed by atoms with Gasteiger partial charge in [-0.1, -0.05) is 73.9 Å². The number of ether oxygens (including phenoxy) is 1. The van der Waals surface area contributed by atoms with E-state index < -0.39 is 67.1 Å². The van der Waals surface area contributed by atoms with Gasteiger partial charge in [0.1, 0.15) is 5.75 Å². The van der Waals surface area contributed by atoms with Crippen molar-refractivity contribution in [2.75, 3.05) is 6.61 Å². The maximum absolute atomic E-state index is 17.0. The van der Waals surface area contributed by atoms with E-state index in [9.17, 15) is 31.2 Å². The highest BCUT2D eigenvalue weighted by Crippen LogP contribution is 2.43. The first kappa shape index (κ1) is 37.7. The fourth-order valence-corrected chi connectivity index (χ4v) is 8.88. The molecule has 9 nitrogen and oxygen atoms in total. The first-order valence-electron chi connectivity index (χ1n) is 17.3. The molecule has 2 aliphatic heterocycles. The molecule has 2 N–H and O–H groups in total. The molecule has 3 atom stereocenters. The molecule has 6 rings (SSSR count). The molecular formula is C37H40F5N3O6S. The lowest BCUT2D eigenvalue weighted by atomic mass is 9.90. The van der Waals surface area contributed by atoms with Crippen LogP contribution in [0, 0.1) is 5.92 Å². The topological polar surface area (TPSA) is 119 Å². The molecule has 2 saturated heterocycles. The average Bonchev–Trinajstić information content (AvgIpc) is 3.41. The van der Waals surface area contributed by atoms with Crippen molar-refractivity contribution < 1.29 is 49.5 Å². The highest BCUT2D eigenvalue weighted by Gasteiger charge is 2.60. The fourth-order valence-electron chi connectivity index (χ4n) is 7.52. The van der Waals surface area contributed by atoms with Crippen LogP contribution in [-0.4, -0.2) is 66.6 Å². The zero-order valence-corrected chi connectivity index (χ0v) is 29.0. The summed E-state index contributed by atoms with van der Waals surface area (Å²) >= 11 is 0. The number of benzene rings is 3. The molecule has 1 saturated carbocycles. The third kappa shape index (κ3) is 7.96. The van der Waals surface area contributed by atoms with Crippen molar-refractivity contribution in [3.05, 3.63) is 84.4 Å². The molecule has 3 fully saturated rings. The number of hydroxylamine groups is 1. The summed E-state index contributed by atoms with van der Waals surface area (Å²) in [6.45, 7) is 0.356. The van der Waals surface area contributed by atoms with Gasteiger partial charge in [0.05, 0.1) is 11.5 Å². The molecule has 280 valence electrons. The van der Waals surface area contributed by atoms with Gasteiger partial charge in [0.2, 0.25) is 6.04 Å². The standard InChI is InChI=1S/C37H40F5N3O6S/c38-36(39,27-13-11-26(12-14-27)25-9-5-2-6-10-25)33(34(46)44-29-15-16-30(44)22-28(43)21-29)45(51-35(47)37(40,41)42)52(48,49)32-19-17-31(18-20-32)50-23-24-7-3-1-4-8-24/h2,5-6,9-14,17-20,24,28-30,33H,1,3-4,7-8,15-16,21-23,43H2/t28?,29?,30?,33-/m1/s1. The van der Waals surface area contributed by atoms with Crippen LogP contribution in [0.15, 0.2) is 83.8 Å². The Hall–Kier alpha value is -4.08. The summed E-state index contributed by atoms with van der Waals surface area (Å²) < 4.78 is 109. The molecule has 3 aromatic carbocycles. The van der Waals surface area contributed by atoms with E-state index in [1.807, 2.05) is 0 Å². The van der Waals surface area contributed by atoms with Gasteiger partial charge in [-0.3, -0.25) is 4.79 Å². The second kappa shape index (κ2) is 15.1. The molecule has 0 radical (unpaired) electrons. The predicted octanol–water partition coefficient (Wildman–Crippen LogP) is 6.97. The van der Waals surface area contributed by atoms with Gasteiger partial charge in [-0.2, -0.15) is 22.0 Å². The lowest BCUT2D eigenvalue weighted by molar-refractivity contribution is -0.240. The second-order valence-corrected chi connectivity index (χ2v) is 15.5. The zero-order chi connectivity index (χ0) is 37.3. The number of hydrogen-bond acceptors (Lipinski definition) is 7. The van der Waals surface area contributed by atoms with E-state index in [1.54, 1.807) is 30.3 Å². The van der Waals surface area contributed by atoms with Crippen LogP contribution >= 0.6 is 0 Å². The molecule has 2 bridgehead atoms. The van der Waals surface area contributed by atoms with Gasteiger partial charge >= 0.3 is 18.1 Å². The number of alkyl halides is 5. The number of fused-ring (bicyclic) bond motifs is 2. The summed E-state index contributed by atoms with van der Waals surface area (Å²) in [7, 11) is -5.58. The maximum atomic E-state index is 17.0. The molecule has 1 aliphatic carbocycles. The van der Waals surface area contributed by atoms with Crippen LogP contribution in [0.5, 0.6) is 5.75 Å². The van der Waals surface area contributed by atoms with Crippen molar-refractivity contribution in [3.63, 3.8) is 0 Å². The van der Waals surface area contributed by atoms with Crippen LogP contribution in [0.3, 0.4) is 0 Å². The quantitative estimate of drug-likeness (QED) is 0.166. The number of sulfonamides is 1. The highest BCUT2D eigenvalue weighted by atomic mass is 32.2. The number of nitrogens with two attached hydrogens (primary N) is 1. The molecule has 2 heterocycles. The predicted molar refractivity (Wildman–Crippen MR) is 180 cm³/mol. The normalized spacial score (nSPS) is 21.9. The number of nitrogens with zero attached hydrogens (tertiary/aromatic N) is 2. The van der Waals surface area contributed by atoms with Gasteiger partial charge in [-0.25, -0.2) is 13.2 Å². The van der Waals surface area contributed by atoms with Crippen LogP contribution in [0.25, 0.3) is 11.1 Å². The van der Waals surface area contributed by atoms with Gasteiger partial charge in [-0.15, -0.1) is 0 Å². The van der Waals surface area contributed by atoms with Crippen molar-refractivity contribution in [1.82, 2.24) is 9.37 Å². The number of piperidine rings is 1. The van der Waals surface area contributed by atoms with E-state index in [2.05, 4.69) is 4.84 Å². The first-order chi connectivity index (χ1) is 24.7. The number of carbonyl (C=O) groups is 2. The second-order valence-electron chi connectivity index (χ2n) is 13.8. The van der Waals surface area contributed by atoms with Crippen LogP contribution < -0.4 is 10.5 Å². The molecule has 1 amide bonds. The number of halogens is 5. The Balaban J connectivity index is 1.41. The van der Waals surface area contributed by atoms with Crippen molar-refractivity contribution in [3.8, 4) is 16.9 Å². The van der Waals surface area contributed by atoms with Crippen LogP contribution in [0.2, 0.25) is 0 Å². The SMILES string of the molecule is NC1CC2CCC(C1)N2C(=O)[C@@H](N(OC(=O)C(F)(F)F)S(=O)(=O)c1ccc(OCC2CCCCC2)cc1)C(F)(F)c1ccc(-c2ccccc2)cc1. The van der Waals surface area contributed by atoms with Gasteiger partial charge in [0, 0.05) is 23.7 Å². The Morgan fingerprint density at radius 1 is 0.808 bits per heavy atom. The van der Waals surface area contributed by atoms with Gasteiger partial charge < -0.3 is 20.2 Å². The highest BCUT2D eigenvalue weighted by molar-refractivity contribution is 7.89. The van der Waals surface area contributed by atoms with E-state index in [0.717, 1.165) is 61.3 Å². The average molecular weight is 750 g/mol. The smallest absolute Gasteiger partial charge is 0.492 e. The minimum absolute atomic E-state index is 0.212. The van der Waals surface area contributed by atoms with Crippen LogP contribution in [0.4, 0.5) is 22.0 Å². The summed E-state index contributed by atoms with van der Waals surface area (Å²) in [5.41, 5.74) is 6.41. The third-order valence-corrected chi connectivity index (χ3v) is 11.8. The minimum atomic E-state index is -5.80. The minimum Gasteiger partial charge on any atom is -0.493 e. The Bertz CT molecular complexity index is 1810. The van der Waals surface area contributed by atoms with Crippen molar-refractivity contribution in [2.45, 2.75) is 98.9 Å². The van der Waals surface area contributed by atoms with Crippen molar-refractivity contribution >= 4 is 21.9 Å². The van der Waals surface area contributed by atoms with Crippen molar-refractivity contribution in [2.24, 2.45) is 11.7 Å². The Morgan fingerprint density at radius 3 is 1.96 bits per heavy atom. The Kier molecular flexibility index (Phi) is 10.9. The molecule has 15 heteroatoms. The molecular weight excluding hydrogens is 709 g/mol. The van der Waals surface area contributed by atoms with Crippen molar-refractivity contribution in [1.29, 1.82) is 0 Å². The van der Waals surface area contributed by atoms with Gasteiger partial charge in [-0.05, 0) is 84.3 Å². The molecule has 0 spiro atoms. The maximum Gasteiger partial charge on any atom is 0.492 e. The third-order valence-electron chi connectivity index (χ3n) is 10.2. The number of rotatable bonds is 11. The van der Waals surface area contributed by atoms with Crippen LogP contribution in [-0.2, 0) is 30.4 Å². The monoisotopic (exact) mass is 749 g/mol. The molecule has 3 aliphatic rings. The van der Waals surface area contributed by atoms with E-state index in [4.69, 9.17) is 10.5 Å². The molecule has 2 unspecified atom stereocenters. The molecule has 3 aromatic rings. The lowest BCUT2D eigenvalue weighted by Crippen LogP contribution is -2.62. The number of hydrogen-bond donors (Lipinski definition) is 1. The Labute approximate surface area is 298 Å². The largest absolute Gasteiger partial charge is 0.493 e. The van der Waals surface area contributed by atoms with Gasteiger partial charge in [0.15, 0.2) is 0 Å². The number of carbonyl (C=O) groups excluding carboxylic acids is 2. The van der Waals surface area contributed by atoms with E-state index in [1.165, 1.54) is 24.3 Å². The van der Waals surface area contributed by atoms with E-state index in [-0.39, 0.29) is 24.6 Å². The van der Waals surface area contributed by atoms with E-state index in [0.29, 0.717) is 36.5 Å². The van der Waals surface area contributed by atoms with Gasteiger partial charge in [0.25, 0.3) is 15.9 Å². The summed E-state index contributed by atoms with van der Waals surface area (Å²) in [6, 6.07) is 12.6. The fraction of sp³-hybridized carbons (Fsp3) is 0.459. The summed E-state index contributed by atoms with van der Waals surface area (Å²) in [5.74, 6) is -8.60.